The predicted octanol–water partition coefficient (Wildman–Crippen LogP) is 3.37. The van der Waals surface area contributed by atoms with Gasteiger partial charge in [0.05, 0.1) is 11.0 Å². The SMILES string of the molecule is Cc1cccc(N2CCN(C(=O)Cn3c(=O)c(C)nc4cc(C)c(C)cc43)C[C@H]2C)c1. The van der Waals surface area contributed by atoms with Crippen LogP contribution in [0.15, 0.2) is 41.2 Å². The van der Waals surface area contributed by atoms with Crippen molar-refractivity contribution in [2.75, 3.05) is 24.5 Å². The van der Waals surface area contributed by atoms with Crippen LogP contribution >= 0.6 is 0 Å². The lowest BCUT2D eigenvalue weighted by atomic mass is 10.1. The molecule has 0 saturated carbocycles. The van der Waals surface area contributed by atoms with E-state index in [1.165, 1.54) is 11.3 Å². The van der Waals surface area contributed by atoms with E-state index in [1.54, 1.807) is 11.5 Å². The Morgan fingerprint density at radius 3 is 2.52 bits per heavy atom. The van der Waals surface area contributed by atoms with Gasteiger partial charge in [-0.2, -0.15) is 0 Å². The van der Waals surface area contributed by atoms with Crippen LogP contribution < -0.4 is 10.5 Å². The molecule has 4 rings (SSSR count). The number of hydrogen-bond donors (Lipinski definition) is 0. The molecule has 1 aromatic heterocycles. The topological polar surface area (TPSA) is 58.4 Å². The van der Waals surface area contributed by atoms with Crippen LogP contribution in [-0.4, -0.2) is 46.0 Å². The minimum Gasteiger partial charge on any atom is -0.365 e. The van der Waals surface area contributed by atoms with E-state index >= 15 is 0 Å². The zero-order valence-corrected chi connectivity index (χ0v) is 19.0. The van der Waals surface area contributed by atoms with E-state index in [0.29, 0.717) is 18.8 Å². The van der Waals surface area contributed by atoms with E-state index < -0.39 is 0 Å². The van der Waals surface area contributed by atoms with Crippen LogP contribution in [0.4, 0.5) is 5.69 Å². The van der Waals surface area contributed by atoms with Gasteiger partial charge >= 0.3 is 0 Å². The fourth-order valence-corrected chi connectivity index (χ4v) is 4.39. The van der Waals surface area contributed by atoms with E-state index in [4.69, 9.17) is 0 Å². The van der Waals surface area contributed by atoms with Crippen molar-refractivity contribution < 1.29 is 4.79 Å². The average molecular weight is 419 g/mol. The van der Waals surface area contributed by atoms with Crippen LogP contribution in [0.25, 0.3) is 11.0 Å². The summed E-state index contributed by atoms with van der Waals surface area (Å²) in [4.78, 5) is 34.7. The maximum absolute atomic E-state index is 13.2. The molecule has 0 N–H and O–H groups in total. The van der Waals surface area contributed by atoms with Gasteiger partial charge in [0.2, 0.25) is 5.91 Å². The second-order valence-corrected chi connectivity index (χ2v) is 8.73. The number of hydrogen-bond acceptors (Lipinski definition) is 4. The second kappa shape index (κ2) is 8.17. The Labute approximate surface area is 183 Å². The summed E-state index contributed by atoms with van der Waals surface area (Å²) in [7, 11) is 0. The van der Waals surface area contributed by atoms with Crippen molar-refractivity contribution in [1.82, 2.24) is 14.5 Å². The average Bonchev–Trinajstić information content (AvgIpc) is 2.73. The summed E-state index contributed by atoms with van der Waals surface area (Å²) in [6.07, 6.45) is 0. The minimum atomic E-state index is -0.199. The predicted molar refractivity (Wildman–Crippen MR) is 125 cm³/mol. The third-order valence-electron chi connectivity index (χ3n) is 6.33. The van der Waals surface area contributed by atoms with Crippen LogP contribution in [0, 0.1) is 27.7 Å². The van der Waals surface area contributed by atoms with Gasteiger partial charge in [-0.15, -0.1) is 0 Å². The van der Waals surface area contributed by atoms with Crippen molar-refractivity contribution >= 4 is 22.6 Å². The normalized spacial score (nSPS) is 16.7. The highest BCUT2D eigenvalue weighted by Crippen LogP contribution is 2.22. The molecule has 31 heavy (non-hydrogen) atoms. The number of benzene rings is 2. The Morgan fingerprint density at radius 2 is 1.81 bits per heavy atom. The highest BCUT2D eigenvalue weighted by Gasteiger charge is 2.27. The molecule has 1 saturated heterocycles. The summed E-state index contributed by atoms with van der Waals surface area (Å²) in [5, 5.41) is 0. The third kappa shape index (κ3) is 4.07. The van der Waals surface area contributed by atoms with Crippen molar-refractivity contribution in [1.29, 1.82) is 0 Å². The molecule has 0 aliphatic carbocycles. The van der Waals surface area contributed by atoms with Gasteiger partial charge in [0.15, 0.2) is 0 Å². The number of amides is 1. The molecule has 162 valence electrons. The molecule has 2 aromatic carbocycles. The first kappa shape index (κ1) is 21.1. The zero-order valence-electron chi connectivity index (χ0n) is 19.0. The van der Waals surface area contributed by atoms with Gasteiger partial charge in [-0.25, -0.2) is 4.98 Å². The molecule has 6 heteroatoms. The standard InChI is InChI=1S/C25H30N4O2/c1-16-7-6-8-21(11-16)28-10-9-27(14-19(28)4)24(30)15-29-23-13-18(3)17(2)12-22(23)26-20(5)25(29)31/h6-8,11-13,19H,9-10,14-15H2,1-5H3/t19-/m1/s1. The lowest BCUT2D eigenvalue weighted by molar-refractivity contribution is -0.132. The number of anilines is 1. The minimum absolute atomic E-state index is 0.0250. The molecule has 0 radical (unpaired) electrons. The van der Waals surface area contributed by atoms with Gasteiger partial charge < -0.3 is 9.80 Å². The first-order valence-electron chi connectivity index (χ1n) is 10.8. The summed E-state index contributed by atoms with van der Waals surface area (Å²) >= 11 is 0. The molecule has 6 nitrogen and oxygen atoms in total. The fourth-order valence-electron chi connectivity index (χ4n) is 4.39. The van der Waals surface area contributed by atoms with Crippen LogP contribution in [0.5, 0.6) is 0 Å². The second-order valence-electron chi connectivity index (χ2n) is 8.73. The number of aromatic nitrogens is 2. The van der Waals surface area contributed by atoms with E-state index in [-0.39, 0.29) is 24.1 Å². The van der Waals surface area contributed by atoms with Gasteiger partial charge in [0, 0.05) is 31.4 Å². The van der Waals surface area contributed by atoms with Gasteiger partial charge in [0.25, 0.3) is 5.56 Å². The summed E-state index contributed by atoms with van der Waals surface area (Å²) in [5.41, 5.74) is 6.32. The van der Waals surface area contributed by atoms with Crippen molar-refractivity contribution in [2.45, 2.75) is 47.2 Å². The van der Waals surface area contributed by atoms with Gasteiger partial charge in [0.1, 0.15) is 12.2 Å². The summed E-state index contributed by atoms with van der Waals surface area (Å²) < 4.78 is 1.59. The first-order chi connectivity index (χ1) is 14.7. The number of rotatable bonds is 3. The third-order valence-corrected chi connectivity index (χ3v) is 6.33. The van der Waals surface area contributed by atoms with Crippen molar-refractivity contribution in [2.24, 2.45) is 0 Å². The largest absolute Gasteiger partial charge is 0.365 e. The highest BCUT2D eigenvalue weighted by atomic mass is 16.2. The highest BCUT2D eigenvalue weighted by molar-refractivity contribution is 5.81. The summed E-state index contributed by atoms with van der Waals surface area (Å²) in [6.45, 7) is 12.1. The maximum atomic E-state index is 13.2. The van der Waals surface area contributed by atoms with Gasteiger partial charge in [-0.05, 0) is 75.6 Å². The lowest BCUT2D eigenvalue weighted by Crippen LogP contribution is -2.54. The van der Waals surface area contributed by atoms with Crippen molar-refractivity contribution in [3.8, 4) is 0 Å². The number of carbonyl (C=O) groups excluding carboxylic acids is 1. The summed E-state index contributed by atoms with van der Waals surface area (Å²) in [6, 6.07) is 12.6. The van der Waals surface area contributed by atoms with Crippen LogP contribution in [0.1, 0.15) is 29.3 Å². The number of fused-ring (bicyclic) bond motifs is 1. The molecule has 3 aromatic rings. The molecule has 1 amide bonds. The molecule has 0 unspecified atom stereocenters. The van der Waals surface area contributed by atoms with E-state index in [1.807, 2.05) is 30.9 Å². The van der Waals surface area contributed by atoms with E-state index in [2.05, 4.69) is 48.0 Å². The Hall–Kier alpha value is -3.15. The Balaban J connectivity index is 1.57. The van der Waals surface area contributed by atoms with Gasteiger partial charge in [-0.3, -0.25) is 14.2 Å². The van der Waals surface area contributed by atoms with Crippen LogP contribution in [-0.2, 0) is 11.3 Å². The quantitative estimate of drug-likeness (QED) is 0.654. The maximum Gasteiger partial charge on any atom is 0.272 e. The van der Waals surface area contributed by atoms with Crippen LogP contribution in [0.3, 0.4) is 0 Å². The summed E-state index contributed by atoms with van der Waals surface area (Å²) in [5.74, 6) is -0.0250. The smallest absolute Gasteiger partial charge is 0.272 e. The van der Waals surface area contributed by atoms with Crippen molar-refractivity contribution in [3.63, 3.8) is 0 Å². The number of carbonyl (C=O) groups is 1. The molecule has 1 fully saturated rings. The monoisotopic (exact) mass is 418 g/mol. The van der Waals surface area contributed by atoms with Gasteiger partial charge in [-0.1, -0.05) is 12.1 Å². The molecular formula is C25H30N4O2. The zero-order chi connectivity index (χ0) is 22.3. The van der Waals surface area contributed by atoms with Crippen molar-refractivity contribution in [3.05, 3.63) is 69.1 Å². The number of aryl methyl sites for hydroxylation is 4. The number of piperazine rings is 1. The van der Waals surface area contributed by atoms with Crippen LogP contribution in [0.2, 0.25) is 0 Å². The fraction of sp³-hybridized carbons (Fsp3) is 0.400. The molecule has 2 heterocycles. The molecule has 0 spiro atoms. The molecular weight excluding hydrogens is 388 g/mol. The van der Waals surface area contributed by atoms with E-state index in [9.17, 15) is 9.59 Å². The molecule has 1 atom stereocenters. The first-order valence-corrected chi connectivity index (χ1v) is 10.8. The number of nitrogens with zero attached hydrogens (tertiary/aromatic N) is 4. The van der Waals surface area contributed by atoms with E-state index in [0.717, 1.165) is 28.7 Å². The Bertz CT molecular complexity index is 1210. The Morgan fingerprint density at radius 1 is 1.06 bits per heavy atom. The Kier molecular flexibility index (Phi) is 5.56. The molecule has 0 bridgehead atoms. The lowest BCUT2D eigenvalue weighted by Gasteiger charge is -2.41. The molecule has 1 aliphatic heterocycles. The molecule has 1 aliphatic rings.